The molecule has 1 saturated heterocycles. The first-order valence-corrected chi connectivity index (χ1v) is 13.8. The number of pyridine rings is 1. The normalized spacial score (nSPS) is 19.0. The number of halogens is 1. The van der Waals surface area contributed by atoms with E-state index < -0.39 is 18.1 Å². The Morgan fingerprint density at radius 3 is 2.78 bits per heavy atom. The number of nitrogens with zero attached hydrogens (tertiary/aromatic N) is 2. The highest BCUT2D eigenvalue weighted by atomic mass is 32.2. The number of carbonyl (C=O) groups is 1. The summed E-state index contributed by atoms with van der Waals surface area (Å²) in [6.07, 6.45) is 3.04. The number of hydrogen-bond acceptors (Lipinski definition) is 6. The molecule has 1 aliphatic rings. The van der Waals surface area contributed by atoms with Gasteiger partial charge in [-0.1, -0.05) is 6.07 Å². The highest BCUT2D eigenvalue weighted by Crippen LogP contribution is 2.35. The van der Waals surface area contributed by atoms with E-state index in [0.29, 0.717) is 30.7 Å². The average Bonchev–Trinajstić information content (AvgIpc) is 2.93. The fourth-order valence-electron chi connectivity index (χ4n) is 5.13. The van der Waals surface area contributed by atoms with Crippen LogP contribution in [0.2, 0.25) is 0 Å². The molecule has 2 aromatic carbocycles. The number of rotatable bonds is 12. The van der Waals surface area contributed by atoms with Crippen LogP contribution in [0.15, 0.2) is 59.6 Å². The van der Waals surface area contributed by atoms with Gasteiger partial charge in [0, 0.05) is 23.0 Å². The molecule has 1 fully saturated rings. The lowest BCUT2D eigenvalue weighted by Crippen LogP contribution is -2.44. The van der Waals surface area contributed by atoms with Crippen molar-refractivity contribution in [1.29, 1.82) is 0 Å². The number of thioether (sulfide) groups is 1. The van der Waals surface area contributed by atoms with Gasteiger partial charge in [0.15, 0.2) is 0 Å². The summed E-state index contributed by atoms with van der Waals surface area (Å²) in [6, 6.07) is 15.2. The number of ether oxygens (including phenoxy) is 2. The van der Waals surface area contributed by atoms with Gasteiger partial charge in [-0.2, -0.15) is 0 Å². The van der Waals surface area contributed by atoms with Crippen molar-refractivity contribution < 1.29 is 23.8 Å². The van der Waals surface area contributed by atoms with Gasteiger partial charge < -0.3 is 19.5 Å². The number of carboxylic acids is 1. The SMILES string of the molecule is COc1cccc(SCCCN2CC[C@@H](CC[C@H](F)c3ccnc4ccc(OC)cc34)[C@@H](C(=O)O)C2)c1. The summed E-state index contributed by atoms with van der Waals surface area (Å²) in [5.74, 6) is 1.19. The lowest BCUT2D eigenvalue weighted by Gasteiger charge is -2.36. The minimum atomic E-state index is -1.18. The summed E-state index contributed by atoms with van der Waals surface area (Å²) in [7, 11) is 3.25. The Kier molecular flexibility index (Phi) is 9.63. The van der Waals surface area contributed by atoms with Crippen LogP contribution in [0.4, 0.5) is 4.39 Å². The summed E-state index contributed by atoms with van der Waals surface area (Å²) in [4.78, 5) is 19.8. The Morgan fingerprint density at radius 2 is 2.00 bits per heavy atom. The molecule has 0 saturated carbocycles. The third-order valence-electron chi connectivity index (χ3n) is 7.20. The van der Waals surface area contributed by atoms with Crippen molar-refractivity contribution in [2.24, 2.45) is 11.8 Å². The number of benzene rings is 2. The Balaban J connectivity index is 1.28. The van der Waals surface area contributed by atoms with E-state index in [4.69, 9.17) is 9.47 Å². The van der Waals surface area contributed by atoms with Gasteiger partial charge in [-0.3, -0.25) is 9.78 Å². The van der Waals surface area contributed by atoms with Crippen molar-refractivity contribution in [2.75, 3.05) is 39.6 Å². The molecule has 0 unspecified atom stereocenters. The van der Waals surface area contributed by atoms with E-state index >= 15 is 4.39 Å². The largest absolute Gasteiger partial charge is 0.497 e. The summed E-state index contributed by atoms with van der Waals surface area (Å²) in [5.41, 5.74) is 1.31. The van der Waals surface area contributed by atoms with Crippen molar-refractivity contribution in [3.8, 4) is 11.5 Å². The number of carboxylic acid groups (broad SMARTS) is 1. The number of aliphatic carboxylic acids is 1. The predicted octanol–water partition coefficient (Wildman–Crippen LogP) is 6.25. The van der Waals surface area contributed by atoms with Crippen molar-refractivity contribution >= 4 is 28.6 Å². The minimum absolute atomic E-state index is 0.0270. The molecule has 6 nitrogen and oxygen atoms in total. The van der Waals surface area contributed by atoms with Crippen LogP contribution in [0.1, 0.15) is 37.4 Å². The van der Waals surface area contributed by atoms with Gasteiger partial charge >= 0.3 is 5.97 Å². The number of hydrogen-bond donors (Lipinski definition) is 1. The van der Waals surface area contributed by atoms with E-state index in [1.165, 1.54) is 4.90 Å². The Bertz CT molecular complexity index is 1190. The number of piperidine rings is 1. The number of methoxy groups -OCH3 is 2. The third kappa shape index (κ3) is 7.14. The molecule has 0 amide bonds. The molecule has 1 aliphatic heterocycles. The molecule has 198 valence electrons. The quantitative estimate of drug-likeness (QED) is 0.221. The van der Waals surface area contributed by atoms with E-state index in [9.17, 15) is 9.90 Å². The summed E-state index contributed by atoms with van der Waals surface area (Å²) >= 11 is 1.78. The zero-order valence-electron chi connectivity index (χ0n) is 21.4. The number of aromatic nitrogens is 1. The highest BCUT2D eigenvalue weighted by Gasteiger charge is 2.34. The molecule has 1 N–H and O–H groups in total. The van der Waals surface area contributed by atoms with Crippen molar-refractivity contribution in [3.05, 3.63) is 60.3 Å². The molecular formula is C29H35FN2O4S. The number of fused-ring (bicyclic) bond motifs is 1. The second-order valence-electron chi connectivity index (χ2n) is 9.50. The first-order valence-electron chi connectivity index (χ1n) is 12.8. The van der Waals surface area contributed by atoms with Crippen LogP contribution in [0, 0.1) is 11.8 Å². The van der Waals surface area contributed by atoms with Crippen molar-refractivity contribution in [1.82, 2.24) is 9.88 Å². The maximum absolute atomic E-state index is 15.4. The molecule has 37 heavy (non-hydrogen) atoms. The topological polar surface area (TPSA) is 71.9 Å². The van der Waals surface area contributed by atoms with Gasteiger partial charge in [0.1, 0.15) is 17.7 Å². The zero-order chi connectivity index (χ0) is 26.2. The Labute approximate surface area is 222 Å². The average molecular weight is 527 g/mol. The first-order chi connectivity index (χ1) is 18.0. The lowest BCUT2D eigenvalue weighted by atomic mass is 9.81. The second kappa shape index (κ2) is 13.1. The first kappa shape index (κ1) is 27.2. The smallest absolute Gasteiger partial charge is 0.308 e. The van der Waals surface area contributed by atoms with Gasteiger partial charge in [0.2, 0.25) is 0 Å². The van der Waals surface area contributed by atoms with Crippen LogP contribution >= 0.6 is 11.8 Å². The number of alkyl halides is 1. The fraction of sp³-hybridized carbons (Fsp3) is 0.448. The molecule has 1 aromatic heterocycles. The molecular weight excluding hydrogens is 491 g/mol. The predicted molar refractivity (Wildman–Crippen MR) is 145 cm³/mol. The van der Waals surface area contributed by atoms with Crippen LogP contribution in [0.25, 0.3) is 10.9 Å². The third-order valence-corrected chi connectivity index (χ3v) is 8.28. The van der Waals surface area contributed by atoms with E-state index in [-0.39, 0.29) is 5.92 Å². The standard InChI is InChI=1S/C29H35FN2O4S/c1-35-21-5-3-6-23(17-21)37-16-4-14-32-15-12-20(26(19-32)29(33)34)7-9-27(30)24-11-13-31-28-10-8-22(36-2)18-25(24)28/h3,5-6,8,10-11,13,17-18,20,26-27H,4,7,9,12,14-16,19H2,1-2H3,(H,33,34)/t20-,26+,27+/m1/s1. The van der Waals surface area contributed by atoms with Crippen LogP contribution < -0.4 is 9.47 Å². The maximum Gasteiger partial charge on any atom is 0.308 e. The molecule has 4 rings (SSSR count). The molecule has 3 aromatic rings. The lowest BCUT2D eigenvalue weighted by molar-refractivity contribution is -0.146. The summed E-state index contributed by atoms with van der Waals surface area (Å²) in [6.45, 7) is 2.24. The van der Waals surface area contributed by atoms with E-state index in [1.807, 2.05) is 36.4 Å². The Hall–Kier alpha value is -2.84. The van der Waals surface area contributed by atoms with Gasteiger partial charge in [-0.25, -0.2) is 4.39 Å². The van der Waals surface area contributed by atoms with E-state index in [1.54, 1.807) is 38.2 Å². The second-order valence-corrected chi connectivity index (χ2v) is 10.7. The molecule has 0 aliphatic carbocycles. The molecule has 2 heterocycles. The summed E-state index contributed by atoms with van der Waals surface area (Å²) < 4.78 is 26.0. The van der Waals surface area contributed by atoms with Gasteiger partial charge in [-0.15, -0.1) is 11.8 Å². The van der Waals surface area contributed by atoms with Crippen LogP contribution in [-0.4, -0.2) is 60.6 Å². The molecule has 8 heteroatoms. The maximum atomic E-state index is 15.4. The minimum Gasteiger partial charge on any atom is -0.497 e. The highest BCUT2D eigenvalue weighted by molar-refractivity contribution is 7.99. The van der Waals surface area contributed by atoms with Gasteiger partial charge in [0.05, 0.1) is 25.7 Å². The fourth-order valence-corrected chi connectivity index (χ4v) is 6.01. The van der Waals surface area contributed by atoms with Crippen LogP contribution in [-0.2, 0) is 4.79 Å². The number of likely N-dealkylation sites (tertiary alicyclic amines) is 1. The van der Waals surface area contributed by atoms with Gasteiger partial charge in [0.25, 0.3) is 0 Å². The van der Waals surface area contributed by atoms with Crippen LogP contribution in [0.3, 0.4) is 0 Å². The molecule has 3 atom stereocenters. The summed E-state index contributed by atoms with van der Waals surface area (Å²) in [5, 5.41) is 10.7. The molecule has 0 bridgehead atoms. The Morgan fingerprint density at radius 1 is 1.19 bits per heavy atom. The van der Waals surface area contributed by atoms with E-state index in [0.717, 1.165) is 48.3 Å². The molecule has 0 spiro atoms. The van der Waals surface area contributed by atoms with Crippen LogP contribution in [0.5, 0.6) is 11.5 Å². The van der Waals surface area contributed by atoms with Crippen molar-refractivity contribution in [3.63, 3.8) is 0 Å². The van der Waals surface area contributed by atoms with E-state index in [2.05, 4.69) is 16.0 Å². The zero-order valence-corrected chi connectivity index (χ0v) is 22.3. The monoisotopic (exact) mass is 526 g/mol. The van der Waals surface area contributed by atoms with Gasteiger partial charge in [-0.05, 0) is 98.5 Å². The van der Waals surface area contributed by atoms with Crippen molar-refractivity contribution in [2.45, 2.75) is 36.8 Å². The molecule has 0 radical (unpaired) electrons.